The second-order valence-corrected chi connectivity index (χ2v) is 7.22. The summed E-state index contributed by atoms with van der Waals surface area (Å²) < 4.78 is 49.0. The molecule has 0 spiro atoms. The first kappa shape index (κ1) is 20.8. The number of amides is 1. The van der Waals surface area contributed by atoms with Gasteiger partial charge in [0.05, 0.1) is 6.61 Å². The van der Waals surface area contributed by atoms with Gasteiger partial charge in [0.25, 0.3) is 5.91 Å². The summed E-state index contributed by atoms with van der Waals surface area (Å²) in [6, 6.07) is 8.74. The van der Waals surface area contributed by atoms with E-state index in [1.165, 1.54) is 12.1 Å². The number of carbonyl (C=O) groups is 1. The molecule has 0 aromatic carbocycles. The van der Waals surface area contributed by atoms with Crippen molar-refractivity contribution in [2.24, 2.45) is 5.92 Å². The van der Waals surface area contributed by atoms with Crippen molar-refractivity contribution in [2.45, 2.75) is 19.0 Å². The molecule has 162 valence electrons. The summed E-state index contributed by atoms with van der Waals surface area (Å²) in [7, 11) is 0. The van der Waals surface area contributed by atoms with Gasteiger partial charge < -0.3 is 14.2 Å². The number of aromatic nitrogens is 3. The van der Waals surface area contributed by atoms with E-state index in [4.69, 9.17) is 9.26 Å². The molecule has 3 aromatic rings. The van der Waals surface area contributed by atoms with Gasteiger partial charge in [0.15, 0.2) is 11.5 Å². The molecule has 1 fully saturated rings. The Morgan fingerprint density at radius 1 is 1.19 bits per heavy atom. The third-order valence-corrected chi connectivity index (χ3v) is 5.06. The highest BCUT2D eigenvalue weighted by Crippen LogP contribution is 2.29. The molecule has 1 aliphatic heterocycles. The van der Waals surface area contributed by atoms with E-state index in [2.05, 4.69) is 15.1 Å². The van der Waals surface area contributed by atoms with Crippen LogP contribution in [0.2, 0.25) is 0 Å². The highest BCUT2D eigenvalue weighted by molar-refractivity contribution is 5.93. The van der Waals surface area contributed by atoms with Crippen LogP contribution in [-0.4, -0.2) is 45.6 Å². The smallest absolute Gasteiger partial charge is 0.433 e. The molecule has 0 radical (unpaired) electrons. The standard InChI is InChI=1S/C21H19F3N4O3/c22-21(23,24)18-4-1-5-19(26-18)30-13-14-6-9-28(10-7-14)20(29)16-11-17(31-27-16)15-3-2-8-25-12-15/h1-5,8,11-12,14H,6-7,9-10,13H2. The molecule has 31 heavy (non-hydrogen) atoms. The molecular formula is C21H19F3N4O3. The first-order chi connectivity index (χ1) is 14.9. The molecule has 1 aliphatic rings. The van der Waals surface area contributed by atoms with Crippen molar-refractivity contribution >= 4 is 5.91 Å². The zero-order valence-corrected chi connectivity index (χ0v) is 16.4. The molecule has 0 N–H and O–H groups in total. The number of rotatable bonds is 5. The summed E-state index contributed by atoms with van der Waals surface area (Å²) in [4.78, 5) is 21.9. The summed E-state index contributed by atoms with van der Waals surface area (Å²) in [5.74, 6) is 0.300. The van der Waals surface area contributed by atoms with Crippen molar-refractivity contribution in [2.75, 3.05) is 19.7 Å². The van der Waals surface area contributed by atoms with E-state index in [0.717, 1.165) is 11.6 Å². The maximum atomic E-state index is 12.7. The van der Waals surface area contributed by atoms with Crippen LogP contribution in [0.1, 0.15) is 29.0 Å². The number of halogens is 3. The van der Waals surface area contributed by atoms with Crippen LogP contribution in [0.5, 0.6) is 5.88 Å². The van der Waals surface area contributed by atoms with Crippen LogP contribution in [0.25, 0.3) is 11.3 Å². The molecule has 10 heteroatoms. The summed E-state index contributed by atoms with van der Waals surface area (Å²) in [6.07, 6.45) is 0.0848. The number of likely N-dealkylation sites (tertiary alicyclic amines) is 1. The minimum Gasteiger partial charge on any atom is -0.477 e. The maximum Gasteiger partial charge on any atom is 0.433 e. The number of hydrogen-bond acceptors (Lipinski definition) is 6. The SMILES string of the molecule is O=C(c1cc(-c2cccnc2)on1)N1CCC(COc2cccc(C(F)(F)F)n2)CC1. The van der Waals surface area contributed by atoms with Crippen LogP contribution in [0.4, 0.5) is 13.2 Å². The Morgan fingerprint density at radius 3 is 2.71 bits per heavy atom. The van der Waals surface area contributed by atoms with Crippen molar-refractivity contribution in [1.82, 2.24) is 20.0 Å². The third-order valence-electron chi connectivity index (χ3n) is 5.06. The number of hydrogen-bond donors (Lipinski definition) is 0. The van der Waals surface area contributed by atoms with E-state index in [1.807, 2.05) is 6.07 Å². The van der Waals surface area contributed by atoms with Gasteiger partial charge in [-0.2, -0.15) is 13.2 Å². The molecule has 0 aliphatic carbocycles. The lowest BCUT2D eigenvalue weighted by molar-refractivity contribution is -0.141. The third kappa shape index (κ3) is 5.01. The minimum absolute atomic E-state index is 0.0566. The van der Waals surface area contributed by atoms with Crippen LogP contribution in [-0.2, 0) is 6.18 Å². The molecule has 4 heterocycles. The fraction of sp³-hybridized carbons (Fsp3) is 0.333. The Bertz CT molecular complexity index is 1030. The number of nitrogens with zero attached hydrogens (tertiary/aromatic N) is 4. The zero-order valence-electron chi connectivity index (χ0n) is 16.4. The normalized spacial score (nSPS) is 15.1. The predicted octanol–water partition coefficient (Wildman–Crippen LogP) is 4.08. The van der Waals surface area contributed by atoms with Gasteiger partial charge in [-0.3, -0.25) is 9.78 Å². The van der Waals surface area contributed by atoms with Gasteiger partial charge in [0, 0.05) is 43.2 Å². The van der Waals surface area contributed by atoms with E-state index in [9.17, 15) is 18.0 Å². The number of carbonyl (C=O) groups excluding carboxylic acids is 1. The molecule has 0 saturated carbocycles. The number of pyridine rings is 2. The molecule has 1 amide bonds. The lowest BCUT2D eigenvalue weighted by Gasteiger charge is -2.31. The lowest BCUT2D eigenvalue weighted by atomic mass is 9.97. The van der Waals surface area contributed by atoms with Gasteiger partial charge in [-0.1, -0.05) is 11.2 Å². The Labute approximate surface area is 175 Å². The zero-order chi connectivity index (χ0) is 21.8. The molecule has 1 saturated heterocycles. The van der Waals surface area contributed by atoms with Gasteiger partial charge >= 0.3 is 6.18 Å². The highest BCUT2D eigenvalue weighted by atomic mass is 19.4. The van der Waals surface area contributed by atoms with Gasteiger partial charge in [-0.05, 0) is 37.0 Å². The maximum absolute atomic E-state index is 12.7. The predicted molar refractivity (Wildman–Crippen MR) is 103 cm³/mol. The molecule has 3 aromatic heterocycles. The highest BCUT2D eigenvalue weighted by Gasteiger charge is 2.33. The summed E-state index contributed by atoms with van der Waals surface area (Å²) >= 11 is 0. The summed E-state index contributed by atoms with van der Waals surface area (Å²) in [5.41, 5.74) is -0.0292. The van der Waals surface area contributed by atoms with Crippen LogP contribution in [0.15, 0.2) is 53.3 Å². The first-order valence-electron chi connectivity index (χ1n) is 9.73. The van der Waals surface area contributed by atoms with E-state index < -0.39 is 11.9 Å². The van der Waals surface area contributed by atoms with Crippen molar-refractivity contribution in [3.8, 4) is 17.2 Å². The average molecular weight is 432 g/mol. The van der Waals surface area contributed by atoms with Crippen molar-refractivity contribution in [1.29, 1.82) is 0 Å². The van der Waals surface area contributed by atoms with Gasteiger partial charge in [0.1, 0.15) is 5.69 Å². The molecule has 0 unspecified atom stereocenters. The quantitative estimate of drug-likeness (QED) is 0.604. The Morgan fingerprint density at radius 2 is 2.00 bits per heavy atom. The van der Waals surface area contributed by atoms with Crippen LogP contribution < -0.4 is 4.74 Å². The van der Waals surface area contributed by atoms with E-state index in [1.54, 1.807) is 29.4 Å². The van der Waals surface area contributed by atoms with Crippen LogP contribution in [0, 0.1) is 5.92 Å². The van der Waals surface area contributed by atoms with Crippen molar-refractivity contribution in [3.63, 3.8) is 0 Å². The largest absolute Gasteiger partial charge is 0.477 e. The monoisotopic (exact) mass is 432 g/mol. The van der Waals surface area contributed by atoms with E-state index in [0.29, 0.717) is 31.7 Å². The number of alkyl halides is 3. The van der Waals surface area contributed by atoms with Gasteiger partial charge in [0.2, 0.25) is 5.88 Å². The Balaban J connectivity index is 1.29. The second-order valence-electron chi connectivity index (χ2n) is 7.22. The lowest BCUT2D eigenvalue weighted by Crippen LogP contribution is -2.39. The minimum atomic E-state index is -4.51. The Hall–Kier alpha value is -3.43. The summed E-state index contributed by atoms with van der Waals surface area (Å²) in [5, 5.41) is 3.87. The Kier molecular flexibility index (Phi) is 5.88. The van der Waals surface area contributed by atoms with Crippen LogP contribution in [0.3, 0.4) is 0 Å². The number of piperidine rings is 1. The molecule has 7 nitrogen and oxygen atoms in total. The van der Waals surface area contributed by atoms with Gasteiger partial charge in [-0.15, -0.1) is 0 Å². The fourth-order valence-electron chi connectivity index (χ4n) is 3.34. The number of ether oxygens (including phenoxy) is 1. The van der Waals surface area contributed by atoms with E-state index in [-0.39, 0.29) is 30.0 Å². The summed E-state index contributed by atoms with van der Waals surface area (Å²) in [6.45, 7) is 1.24. The molecule has 0 bridgehead atoms. The van der Waals surface area contributed by atoms with E-state index >= 15 is 0 Å². The average Bonchev–Trinajstić information content (AvgIpc) is 3.28. The fourth-order valence-corrected chi connectivity index (χ4v) is 3.34. The van der Waals surface area contributed by atoms with Crippen molar-refractivity contribution < 1.29 is 27.2 Å². The first-order valence-corrected chi connectivity index (χ1v) is 9.73. The molecular weight excluding hydrogens is 413 g/mol. The van der Waals surface area contributed by atoms with Gasteiger partial charge in [-0.25, -0.2) is 4.98 Å². The van der Waals surface area contributed by atoms with Crippen LogP contribution >= 0.6 is 0 Å². The second kappa shape index (κ2) is 8.75. The van der Waals surface area contributed by atoms with Crippen molar-refractivity contribution in [3.05, 3.63) is 60.2 Å². The topological polar surface area (TPSA) is 81.4 Å². The molecule has 0 atom stereocenters. The molecule has 4 rings (SSSR count).